The first-order chi connectivity index (χ1) is 16.4. The monoisotopic (exact) mass is 460 g/mol. The van der Waals surface area contributed by atoms with Crippen LogP contribution in [-0.2, 0) is 4.79 Å². The molecule has 34 heavy (non-hydrogen) atoms. The van der Waals surface area contributed by atoms with Crippen LogP contribution in [0.3, 0.4) is 0 Å². The Kier molecular flexibility index (Phi) is 8.71. The second-order valence-corrected chi connectivity index (χ2v) is 9.38. The number of nitrogens with zero attached hydrogens (tertiary/aromatic N) is 2. The van der Waals surface area contributed by atoms with E-state index in [1.165, 1.54) is 0 Å². The van der Waals surface area contributed by atoms with Gasteiger partial charge < -0.3 is 10.0 Å². The zero-order valence-corrected chi connectivity index (χ0v) is 21.8. The summed E-state index contributed by atoms with van der Waals surface area (Å²) in [5.41, 5.74) is 6.47. The molecule has 0 aliphatic heterocycles. The van der Waals surface area contributed by atoms with Crippen LogP contribution in [0.25, 0.3) is 5.57 Å². The van der Waals surface area contributed by atoms with Crippen molar-refractivity contribution in [1.29, 1.82) is 0 Å². The molecular weight excluding hydrogens is 420 g/mol. The summed E-state index contributed by atoms with van der Waals surface area (Å²) in [6, 6.07) is 6.12. The first-order valence-corrected chi connectivity index (χ1v) is 12.9. The largest absolute Gasteiger partial charge is 0.871 e. The first kappa shape index (κ1) is 25.7. The Balaban J connectivity index is 1.95. The summed E-state index contributed by atoms with van der Waals surface area (Å²) in [4.78, 5) is 15.6. The number of hydrogen-bond donors (Lipinski definition) is 0. The van der Waals surface area contributed by atoms with Gasteiger partial charge in [-0.2, -0.15) is 0 Å². The Bertz CT molecular complexity index is 1080. The molecule has 2 aliphatic rings. The number of anilines is 1. The number of carbonyl (C=O) groups is 1. The molecule has 1 aromatic carbocycles. The molecule has 4 heteroatoms. The highest BCUT2D eigenvalue weighted by atomic mass is 16.3. The average Bonchev–Trinajstić information content (AvgIpc) is 2.81. The van der Waals surface area contributed by atoms with Gasteiger partial charge >= 0.3 is 0 Å². The van der Waals surface area contributed by atoms with E-state index in [0.29, 0.717) is 11.1 Å². The summed E-state index contributed by atoms with van der Waals surface area (Å²) in [7, 11) is 0. The van der Waals surface area contributed by atoms with Gasteiger partial charge in [0.15, 0.2) is 11.5 Å². The number of ketones is 1. The van der Waals surface area contributed by atoms with Gasteiger partial charge in [0.2, 0.25) is 0 Å². The lowest BCUT2D eigenvalue weighted by Crippen LogP contribution is -2.31. The van der Waals surface area contributed by atoms with Gasteiger partial charge in [-0.15, -0.1) is 0 Å². The molecule has 0 saturated carbocycles. The van der Waals surface area contributed by atoms with Crippen LogP contribution < -0.4 is 10.0 Å². The van der Waals surface area contributed by atoms with Crippen molar-refractivity contribution >= 4 is 22.8 Å². The van der Waals surface area contributed by atoms with Gasteiger partial charge in [-0.25, -0.2) is 4.58 Å². The molecule has 0 atom stereocenters. The standard InChI is InChI=1S/C30H40N2O2/c1-7-15-31(16-8-2)23-11-13-25(21(5)19-23)27-29(33)28(30(27)34)26-14-12-24(20-22(26)6)32(17-9-3)18-10-4/h11-14,19-20H,7-10,15-18H2,1-6H3. The second kappa shape index (κ2) is 11.5. The summed E-state index contributed by atoms with van der Waals surface area (Å²) in [5.74, 6) is -0.260. The fourth-order valence-corrected chi connectivity index (χ4v) is 4.95. The van der Waals surface area contributed by atoms with E-state index in [-0.39, 0.29) is 11.5 Å². The third-order valence-electron chi connectivity index (χ3n) is 6.57. The highest BCUT2D eigenvalue weighted by Gasteiger charge is 2.32. The van der Waals surface area contributed by atoms with Gasteiger partial charge in [0, 0.05) is 54.9 Å². The van der Waals surface area contributed by atoms with Crippen LogP contribution in [-0.4, -0.2) is 42.2 Å². The van der Waals surface area contributed by atoms with Crippen molar-refractivity contribution < 1.29 is 14.5 Å². The summed E-state index contributed by atoms with van der Waals surface area (Å²) in [6.45, 7) is 16.7. The summed E-state index contributed by atoms with van der Waals surface area (Å²) < 4.78 is 2.37. The van der Waals surface area contributed by atoms with Gasteiger partial charge in [-0.3, -0.25) is 4.79 Å². The lowest BCUT2D eigenvalue weighted by Gasteiger charge is -2.34. The normalized spacial score (nSPS) is 17.8. The first-order valence-electron chi connectivity index (χ1n) is 12.9. The molecule has 0 bridgehead atoms. The van der Waals surface area contributed by atoms with E-state index in [1.54, 1.807) is 0 Å². The van der Waals surface area contributed by atoms with E-state index in [0.717, 1.165) is 85.5 Å². The minimum atomic E-state index is -0.130. The van der Waals surface area contributed by atoms with Crippen molar-refractivity contribution in [3.63, 3.8) is 0 Å². The molecule has 0 heterocycles. The van der Waals surface area contributed by atoms with Gasteiger partial charge in [0.25, 0.3) is 0 Å². The van der Waals surface area contributed by atoms with Crippen LogP contribution in [0.15, 0.2) is 58.9 Å². The van der Waals surface area contributed by atoms with E-state index in [2.05, 4.69) is 61.5 Å². The van der Waals surface area contributed by atoms with E-state index in [4.69, 9.17) is 0 Å². The van der Waals surface area contributed by atoms with Crippen molar-refractivity contribution in [3.05, 3.63) is 70.0 Å². The molecule has 0 unspecified atom stereocenters. The predicted molar refractivity (Wildman–Crippen MR) is 141 cm³/mol. The fourth-order valence-electron chi connectivity index (χ4n) is 4.95. The van der Waals surface area contributed by atoms with E-state index in [9.17, 15) is 9.90 Å². The van der Waals surface area contributed by atoms with Gasteiger partial charge in [-0.1, -0.05) is 39.5 Å². The molecule has 0 fully saturated rings. The number of rotatable bonds is 10. The molecule has 0 aromatic heterocycles. The minimum Gasteiger partial charge on any atom is -0.871 e. The zero-order valence-electron chi connectivity index (χ0n) is 21.8. The topological polar surface area (TPSA) is 46.4 Å². The lowest BCUT2D eigenvalue weighted by molar-refractivity contribution is -0.526. The van der Waals surface area contributed by atoms with Crippen LogP contribution in [0.2, 0.25) is 0 Å². The van der Waals surface area contributed by atoms with E-state index in [1.807, 2.05) is 26.0 Å². The minimum absolute atomic E-state index is 0.130. The van der Waals surface area contributed by atoms with Crippen molar-refractivity contribution in [2.24, 2.45) is 0 Å². The Morgan fingerprint density at radius 2 is 1.53 bits per heavy atom. The maximum absolute atomic E-state index is 13.2. The highest BCUT2D eigenvalue weighted by molar-refractivity contribution is 6.39. The number of benzene rings is 1. The van der Waals surface area contributed by atoms with Crippen LogP contribution in [0.1, 0.15) is 71.4 Å². The number of carbonyl (C=O) groups excluding carboxylic acids is 1. The molecule has 3 rings (SSSR count). The third kappa shape index (κ3) is 5.11. The lowest BCUT2D eigenvalue weighted by atomic mass is 9.77. The highest BCUT2D eigenvalue weighted by Crippen LogP contribution is 2.40. The number of Topliss-reactive ketones (excluding diaryl/α,β-unsaturated/α-hetero) is 1. The SMILES string of the molecule is CCCN(CCC)c1ccc(C2=C([O-])C(=C3C=CC(=[N+](CCC)CCC)C=C3C)C2=O)c(C)c1. The Morgan fingerprint density at radius 3 is 2.03 bits per heavy atom. The summed E-state index contributed by atoms with van der Waals surface area (Å²) in [6.07, 6.45) is 10.5. The Labute approximate surface area is 205 Å². The smallest absolute Gasteiger partial charge is 0.200 e. The maximum atomic E-state index is 13.2. The van der Waals surface area contributed by atoms with E-state index >= 15 is 0 Å². The number of allylic oxidation sites excluding steroid dienone is 7. The molecule has 0 spiro atoms. The average molecular weight is 461 g/mol. The van der Waals surface area contributed by atoms with Gasteiger partial charge in [0.05, 0.1) is 0 Å². The quantitative estimate of drug-likeness (QED) is 0.349. The zero-order chi connectivity index (χ0) is 24.8. The summed E-state index contributed by atoms with van der Waals surface area (Å²) in [5, 5.41) is 13.2. The molecule has 0 amide bonds. The van der Waals surface area contributed by atoms with Crippen molar-refractivity contribution in [3.8, 4) is 0 Å². The Morgan fingerprint density at radius 1 is 0.882 bits per heavy atom. The molecule has 2 aliphatic carbocycles. The van der Waals surface area contributed by atoms with Gasteiger partial charge in [0.1, 0.15) is 13.1 Å². The van der Waals surface area contributed by atoms with Crippen LogP contribution >= 0.6 is 0 Å². The van der Waals surface area contributed by atoms with Crippen LogP contribution in [0, 0.1) is 6.92 Å². The molecule has 0 saturated heterocycles. The summed E-state index contributed by atoms with van der Waals surface area (Å²) >= 11 is 0. The van der Waals surface area contributed by atoms with Crippen LogP contribution in [0.4, 0.5) is 5.69 Å². The van der Waals surface area contributed by atoms with E-state index < -0.39 is 0 Å². The molecular formula is C30H40N2O2. The maximum Gasteiger partial charge on any atom is 0.200 e. The molecule has 4 nitrogen and oxygen atoms in total. The second-order valence-electron chi connectivity index (χ2n) is 9.38. The molecule has 0 radical (unpaired) electrons. The van der Waals surface area contributed by atoms with Crippen molar-refractivity contribution in [1.82, 2.24) is 0 Å². The van der Waals surface area contributed by atoms with Crippen LogP contribution in [0.5, 0.6) is 0 Å². The fraction of sp³-hybridized carbons (Fsp3) is 0.467. The van der Waals surface area contributed by atoms with Crippen molar-refractivity contribution in [2.45, 2.75) is 67.2 Å². The number of hydrogen-bond acceptors (Lipinski definition) is 3. The Hall–Kier alpha value is -2.88. The predicted octanol–water partition coefficient (Wildman–Crippen LogP) is 5.36. The van der Waals surface area contributed by atoms with Gasteiger partial charge in [-0.05, 0) is 67.2 Å². The number of aryl methyl sites for hydroxylation is 1. The molecule has 0 N–H and O–H groups in total. The molecule has 1 aromatic rings. The molecule has 182 valence electrons. The third-order valence-corrected chi connectivity index (χ3v) is 6.57. The van der Waals surface area contributed by atoms with Crippen molar-refractivity contribution in [2.75, 3.05) is 31.1 Å².